The van der Waals surface area contributed by atoms with Crippen LogP contribution in [0.1, 0.15) is 226 Å². The molecular formula is C63H107NO8. The second kappa shape index (κ2) is 51.3. The quantitative estimate of drug-likeness (QED) is 0.0261. The predicted octanol–water partition coefficient (Wildman–Crippen LogP) is 14.6. The summed E-state index contributed by atoms with van der Waals surface area (Å²) in [5.74, 6) is -0.194. The number of rotatable bonds is 48. The molecule has 1 saturated heterocycles. The van der Waals surface area contributed by atoms with Gasteiger partial charge in [0.25, 0.3) is 0 Å². The minimum Gasteiger partial charge on any atom is -0.394 e. The average Bonchev–Trinajstić information content (AvgIpc) is 3.38. The minimum absolute atomic E-state index is 0.194. The van der Waals surface area contributed by atoms with Crippen LogP contribution in [0.2, 0.25) is 0 Å². The summed E-state index contributed by atoms with van der Waals surface area (Å²) in [4.78, 5) is 13.0. The molecule has 9 heteroatoms. The van der Waals surface area contributed by atoms with Crippen molar-refractivity contribution in [1.82, 2.24) is 5.32 Å². The number of allylic oxidation sites excluding steroid dienone is 17. The van der Waals surface area contributed by atoms with E-state index in [0.29, 0.717) is 6.42 Å². The van der Waals surface area contributed by atoms with Gasteiger partial charge in [0, 0.05) is 6.42 Å². The highest BCUT2D eigenvalue weighted by molar-refractivity contribution is 5.76. The van der Waals surface area contributed by atoms with Crippen molar-refractivity contribution in [3.05, 3.63) is 109 Å². The maximum absolute atomic E-state index is 13.0. The van der Waals surface area contributed by atoms with Crippen LogP contribution < -0.4 is 5.32 Å². The molecule has 1 fully saturated rings. The summed E-state index contributed by atoms with van der Waals surface area (Å²) < 4.78 is 11.2. The first-order chi connectivity index (χ1) is 35.3. The first kappa shape index (κ1) is 66.9. The lowest BCUT2D eigenvalue weighted by molar-refractivity contribution is -0.302. The molecule has 0 radical (unpaired) electrons. The Balaban J connectivity index is 2.21. The lowest BCUT2D eigenvalue weighted by atomic mass is 9.99. The zero-order chi connectivity index (χ0) is 52.2. The van der Waals surface area contributed by atoms with Gasteiger partial charge < -0.3 is 40.3 Å². The third-order valence-corrected chi connectivity index (χ3v) is 13.1. The summed E-state index contributed by atoms with van der Waals surface area (Å²) in [7, 11) is 0. The molecule has 412 valence electrons. The van der Waals surface area contributed by atoms with Crippen LogP contribution in [-0.2, 0) is 14.3 Å². The molecule has 0 aliphatic carbocycles. The standard InChI is InChI=1S/C63H107NO8/c1-3-5-7-9-11-13-15-17-19-21-22-23-24-25-26-27-28-29-30-31-32-33-34-35-36-37-39-41-43-45-47-49-51-53-59(67)64-56(55-71-63-62(70)61(69)60(68)58(54-65)72-63)57(66)52-50-48-46-44-42-40-38-20-18-16-14-12-10-8-6-4-2/h5,7,11,13,17,19,22-23,25-26,28-29,31-32,42,44,50,52,56-58,60-63,65-66,68-70H,3-4,6,8-10,12,14-16,18,20-21,24,27,30,33-41,43,45-49,51,53-55H2,1-2H3,(H,64,67)/b7-5-,13-11-,19-17-,23-22-,26-25-,29-28-,32-31-,44-42+,52-50+. The fourth-order valence-corrected chi connectivity index (χ4v) is 8.51. The van der Waals surface area contributed by atoms with E-state index in [2.05, 4.69) is 116 Å². The summed E-state index contributed by atoms with van der Waals surface area (Å²) in [5.41, 5.74) is 0. The van der Waals surface area contributed by atoms with Crippen LogP contribution >= 0.6 is 0 Å². The van der Waals surface area contributed by atoms with Gasteiger partial charge in [0.2, 0.25) is 5.91 Å². The van der Waals surface area contributed by atoms with Gasteiger partial charge in [0.1, 0.15) is 24.4 Å². The molecule has 0 saturated carbocycles. The minimum atomic E-state index is -1.58. The van der Waals surface area contributed by atoms with E-state index in [4.69, 9.17) is 9.47 Å². The molecule has 0 aromatic carbocycles. The monoisotopic (exact) mass is 1010 g/mol. The Morgan fingerprint density at radius 2 is 0.875 bits per heavy atom. The van der Waals surface area contributed by atoms with Gasteiger partial charge in [-0.2, -0.15) is 0 Å². The highest BCUT2D eigenvalue weighted by Gasteiger charge is 2.44. The molecule has 1 heterocycles. The van der Waals surface area contributed by atoms with Crippen LogP contribution in [0.5, 0.6) is 0 Å². The van der Waals surface area contributed by atoms with Crippen LogP contribution in [-0.4, -0.2) is 87.5 Å². The Morgan fingerprint density at radius 3 is 1.33 bits per heavy atom. The second-order valence-electron chi connectivity index (χ2n) is 19.7. The van der Waals surface area contributed by atoms with E-state index in [0.717, 1.165) is 96.3 Å². The number of carbonyl (C=O) groups excluding carboxylic acids is 1. The normalized spacial score (nSPS) is 20.0. The van der Waals surface area contributed by atoms with Gasteiger partial charge in [0.05, 0.1) is 25.4 Å². The van der Waals surface area contributed by atoms with Crippen molar-refractivity contribution in [3.8, 4) is 0 Å². The highest BCUT2D eigenvalue weighted by Crippen LogP contribution is 2.23. The van der Waals surface area contributed by atoms with Crippen molar-refractivity contribution in [2.24, 2.45) is 0 Å². The largest absolute Gasteiger partial charge is 0.394 e. The van der Waals surface area contributed by atoms with E-state index in [-0.39, 0.29) is 12.5 Å². The first-order valence-corrected chi connectivity index (χ1v) is 29.1. The molecule has 1 aliphatic heterocycles. The average molecular weight is 1010 g/mol. The third-order valence-electron chi connectivity index (χ3n) is 13.1. The van der Waals surface area contributed by atoms with Crippen LogP contribution in [0, 0.1) is 0 Å². The molecule has 0 bridgehead atoms. The number of ether oxygens (including phenoxy) is 2. The Labute approximate surface area is 440 Å². The van der Waals surface area contributed by atoms with Gasteiger partial charge in [-0.1, -0.05) is 239 Å². The predicted molar refractivity (Wildman–Crippen MR) is 304 cm³/mol. The first-order valence-electron chi connectivity index (χ1n) is 29.1. The summed E-state index contributed by atoms with van der Waals surface area (Å²) in [6.07, 6.45) is 68.7. The lowest BCUT2D eigenvalue weighted by Gasteiger charge is -2.40. The molecule has 0 aromatic rings. The third kappa shape index (κ3) is 40.3. The van der Waals surface area contributed by atoms with Gasteiger partial charge in [0.15, 0.2) is 6.29 Å². The molecule has 0 spiro atoms. The van der Waals surface area contributed by atoms with E-state index < -0.39 is 49.5 Å². The van der Waals surface area contributed by atoms with Crippen molar-refractivity contribution in [3.63, 3.8) is 0 Å². The topological polar surface area (TPSA) is 149 Å². The summed E-state index contributed by atoms with van der Waals surface area (Å²) >= 11 is 0. The van der Waals surface area contributed by atoms with E-state index in [1.165, 1.54) is 109 Å². The fourth-order valence-electron chi connectivity index (χ4n) is 8.51. The Morgan fingerprint density at radius 1 is 0.486 bits per heavy atom. The zero-order valence-electron chi connectivity index (χ0n) is 45.6. The highest BCUT2D eigenvalue weighted by atomic mass is 16.7. The number of aliphatic hydroxyl groups is 5. The van der Waals surface area contributed by atoms with Gasteiger partial charge in [-0.05, 0) is 89.9 Å². The van der Waals surface area contributed by atoms with Crippen molar-refractivity contribution < 1.29 is 39.8 Å². The van der Waals surface area contributed by atoms with Crippen LogP contribution in [0.4, 0.5) is 0 Å². The fraction of sp³-hybridized carbons (Fsp3) is 0.698. The molecule has 1 rings (SSSR count). The molecular weight excluding hydrogens is 899 g/mol. The van der Waals surface area contributed by atoms with Crippen LogP contribution in [0.25, 0.3) is 0 Å². The summed E-state index contributed by atoms with van der Waals surface area (Å²) in [6.45, 7) is 3.64. The van der Waals surface area contributed by atoms with E-state index >= 15 is 0 Å². The molecule has 1 amide bonds. The number of amides is 1. The number of hydrogen-bond donors (Lipinski definition) is 6. The Hall–Kier alpha value is -3.15. The lowest BCUT2D eigenvalue weighted by Crippen LogP contribution is -2.60. The number of nitrogens with one attached hydrogen (secondary N) is 1. The molecule has 9 nitrogen and oxygen atoms in total. The number of carbonyl (C=O) groups is 1. The van der Waals surface area contributed by atoms with Crippen LogP contribution in [0.15, 0.2) is 109 Å². The maximum atomic E-state index is 13.0. The molecule has 0 aromatic heterocycles. The zero-order valence-corrected chi connectivity index (χ0v) is 45.6. The molecule has 72 heavy (non-hydrogen) atoms. The van der Waals surface area contributed by atoms with Crippen molar-refractivity contribution >= 4 is 5.91 Å². The summed E-state index contributed by atoms with van der Waals surface area (Å²) in [6, 6.07) is -0.830. The number of aliphatic hydroxyl groups excluding tert-OH is 5. The van der Waals surface area contributed by atoms with E-state index in [1.54, 1.807) is 6.08 Å². The van der Waals surface area contributed by atoms with Gasteiger partial charge in [-0.3, -0.25) is 4.79 Å². The number of unbranched alkanes of at least 4 members (excludes halogenated alkanes) is 22. The van der Waals surface area contributed by atoms with Crippen molar-refractivity contribution in [2.75, 3.05) is 13.2 Å². The summed E-state index contributed by atoms with van der Waals surface area (Å²) in [5, 5.41) is 54.4. The Bertz CT molecular complexity index is 1490. The second-order valence-corrected chi connectivity index (χ2v) is 19.7. The van der Waals surface area contributed by atoms with Crippen LogP contribution in [0.3, 0.4) is 0 Å². The maximum Gasteiger partial charge on any atom is 0.220 e. The van der Waals surface area contributed by atoms with Gasteiger partial charge in [-0.25, -0.2) is 0 Å². The smallest absolute Gasteiger partial charge is 0.220 e. The molecule has 7 unspecified atom stereocenters. The van der Waals surface area contributed by atoms with E-state index in [9.17, 15) is 30.3 Å². The molecule has 6 N–H and O–H groups in total. The molecule has 7 atom stereocenters. The SMILES string of the molecule is CC/C=C\C/C=C\C/C=C\C/C=C\C/C=C\C/C=C\C/C=C\CCCCCCCCCCCCCC(=O)NC(COC1OC(CO)C(O)C(O)C1O)C(O)/C=C/CC/C=C/CCCCCCCCCCCC. The van der Waals surface area contributed by atoms with Crippen molar-refractivity contribution in [1.29, 1.82) is 0 Å². The number of hydrogen-bond acceptors (Lipinski definition) is 8. The van der Waals surface area contributed by atoms with E-state index in [1.807, 2.05) is 6.08 Å². The molecule has 1 aliphatic rings. The van der Waals surface area contributed by atoms with Gasteiger partial charge in [-0.15, -0.1) is 0 Å². The Kier molecular flexibility index (Phi) is 47.7. The van der Waals surface area contributed by atoms with Crippen molar-refractivity contribution in [2.45, 2.75) is 269 Å². The van der Waals surface area contributed by atoms with Gasteiger partial charge >= 0.3 is 0 Å².